The monoisotopic (exact) mass is 482 g/mol. The second-order valence-corrected chi connectivity index (χ2v) is 8.29. The van der Waals surface area contributed by atoms with E-state index in [2.05, 4.69) is 15.7 Å². The normalized spacial score (nSPS) is 11.5. The maximum absolute atomic E-state index is 13.2. The van der Waals surface area contributed by atoms with Gasteiger partial charge in [-0.3, -0.25) is 14.4 Å². The van der Waals surface area contributed by atoms with Crippen LogP contribution in [0.5, 0.6) is 0 Å². The van der Waals surface area contributed by atoms with Crippen LogP contribution in [0.3, 0.4) is 0 Å². The Balaban J connectivity index is 1.60. The van der Waals surface area contributed by atoms with Crippen LogP contribution in [0.4, 0.5) is 5.82 Å². The van der Waals surface area contributed by atoms with Gasteiger partial charge in [-0.25, -0.2) is 4.68 Å². The van der Waals surface area contributed by atoms with E-state index in [1.165, 1.54) is 0 Å². The summed E-state index contributed by atoms with van der Waals surface area (Å²) in [4.78, 5) is 37.3. The fourth-order valence-corrected chi connectivity index (χ4v) is 3.90. The van der Waals surface area contributed by atoms with Gasteiger partial charge in [0.25, 0.3) is 5.91 Å². The van der Waals surface area contributed by atoms with E-state index in [-0.39, 0.29) is 24.4 Å². The number of amides is 1. The predicted molar refractivity (Wildman–Crippen MR) is 136 cm³/mol. The van der Waals surface area contributed by atoms with Crippen molar-refractivity contribution in [3.8, 4) is 5.69 Å². The molecule has 3 N–H and O–H groups in total. The first kappa shape index (κ1) is 24.4. The molecule has 1 atom stereocenters. The fourth-order valence-electron chi connectivity index (χ4n) is 3.90. The molecule has 0 radical (unpaired) electrons. The van der Waals surface area contributed by atoms with Crippen molar-refractivity contribution >= 4 is 23.5 Å². The minimum atomic E-state index is -1.03. The Morgan fingerprint density at radius 1 is 0.917 bits per heavy atom. The van der Waals surface area contributed by atoms with Gasteiger partial charge >= 0.3 is 5.97 Å². The van der Waals surface area contributed by atoms with E-state index in [0.29, 0.717) is 17.1 Å². The first-order chi connectivity index (χ1) is 17.4. The average molecular weight is 483 g/mol. The van der Waals surface area contributed by atoms with E-state index >= 15 is 0 Å². The van der Waals surface area contributed by atoms with Crippen molar-refractivity contribution in [1.29, 1.82) is 0 Å². The molecule has 1 heterocycles. The zero-order chi connectivity index (χ0) is 25.5. The van der Waals surface area contributed by atoms with Gasteiger partial charge in [0.2, 0.25) is 0 Å². The van der Waals surface area contributed by atoms with Crippen molar-refractivity contribution in [2.24, 2.45) is 0 Å². The number of para-hydroxylation sites is 1. The Bertz CT molecular complexity index is 1370. The van der Waals surface area contributed by atoms with Crippen LogP contribution in [0.2, 0.25) is 0 Å². The van der Waals surface area contributed by atoms with Crippen LogP contribution < -0.4 is 10.6 Å². The molecule has 1 amide bonds. The van der Waals surface area contributed by atoms with Gasteiger partial charge in [0, 0.05) is 11.6 Å². The van der Waals surface area contributed by atoms with E-state index in [9.17, 15) is 19.5 Å². The number of aryl methyl sites for hydroxylation is 1. The number of carboxylic acids is 1. The van der Waals surface area contributed by atoms with Crippen molar-refractivity contribution in [1.82, 2.24) is 15.1 Å². The third-order valence-corrected chi connectivity index (χ3v) is 5.72. The summed E-state index contributed by atoms with van der Waals surface area (Å²) in [5.74, 6) is -1.19. The third-order valence-electron chi connectivity index (χ3n) is 5.72. The number of hydrogen-bond acceptors (Lipinski definition) is 5. The molecule has 0 spiro atoms. The molecule has 36 heavy (non-hydrogen) atoms. The number of Topliss-reactive ketones (excluding diaryl/α,β-unsaturated/α-hetero) is 1. The maximum Gasteiger partial charge on any atom is 0.305 e. The summed E-state index contributed by atoms with van der Waals surface area (Å²) >= 11 is 0. The van der Waals surface area contributed by atoms with Crippen LogP contribution in [0.15, 0.2) is 91.0 Å². The van der Waals surface area contributed by atoms with E-state index in [4.69, 9.17) is 0 Å². The highest BCUT2D eigenvalue weighted by atomic mass is 16.4. The Morgan fingerprint density at radius 3 is 2.22 bits per heavy atom. The molecule has 182 valence electrons. The zero-order valence-corrected chi connectivity index (χ0v) is 19.7. The fraction of sp³-hybridized carbons (Fsp3) is 0.143. The second-order valence-electron chi connectivity index (χ2n) is 8.29. The van der Waals surface area contributed by atoms with E-state index in [1.54, 1.807) is 47.1 Å². The Morgan fingerprint density at radius 2 is 1.56 bits per heavy atom. The number of hydrogen-bond donors (Lipinski definition) is 3. The molecule has 4 aromatic rings. The lowest BCUT2D eigenvalue weighted by Crippen LogP contribution is -2.31. The molecule has 0 fully saturated rings. The maximum atomic E-state index is 13.2. The first-order valence-electron chi connectivity index (χ1n) is 11.5. The molecule has 0 aliphatic rings. The van der Waals surface area contributed by atoms with Gasteiger partial charge in [-0.15, -0.1) is 0 Å². The highest BCUT2D eigenvalue weighted by Crippen LogP contribution is 2.23. The van der Waals surface area contributed by atoms with Crippen LogP contribution in [-0.4, -0.2) is 39.1 Å². The highest BCUT2D eigenvalue weighted by Gasteiger charge is 2.23. The number of benzene rings is 3. The average Bonchev–Trinajstić information content (AvgIpc) is 3.32. The molecule has 4 rings (SSSR count). The van der Waals surface area contributed by atoms with Gasteiger partial charge in [-0.05, 0) is 30.2 Å². The second kappa shape index (κ2) is 11.1. The lowest BCUT2D eigenvalue weighted by molar-refractivity contribution is -0.137. The lowest BCUT2D eigenvalue weighted by Gasteiger charge is -2.18. The number of aliphatic carboxylic acids is 1. The molecule has 3 aromatic carbocycles. The van der Waals surface area contributed by atoms with Crippen molar-refractivity contribution in [3.05, 3.63) is 113 Å². The van der Waals surface area contributed by atoms with E-state index in [0.717, 1.165) is 11.1 Å². The van der Waals surface area contributed by atoms with Crippen LogP contribution in [0, 0.1) is 6.92 Å². The summed E-state index contributed by atoms with van der Waals surface area (Å²) in [6, 6.07) is 26.3. The third kappa shape index (κ3) is 5.85. The molecule has 0 saturated carbocycles. The number of nitrogens with zero attached hydrogens (tertiary/aromatic N) is 2. The predicted octanol–water partition coefficient (Wildman–Crippen LogP) is 4.42. The molecule has 0 aliphatic heterocycles. The summed E-state index contributed by atoms with van der Waals surface area (Å²) in [6.07, 6.45) is -0.271. The van der Waals surface area contributed by atoms with Crippen molar-refractivity contribution in [2.45, 2.75) is 19.4 Å². The molecular weight excluding hydrogens is 456 g/mol. The van der Waals surface area contributed by atoms with Gasteiger partial charge in [0.1, 0.15) is 5.82 Å². The molecule has 0 saturated heterocycles. The zero-order valence-electron chi connectivity index (χ0n) is 19.7. The largest absolute Gasteiger partial charge is 0.481 e. The Hall–Kier alpha value is -4.72. The number of nitrogens with one attached hydrogen (secondary N) is 2. The van der Waals surface area contributed by atoms with Crippen molar-refractivity contribution in [2.75, 3.05) is 11.9 Å². The van der Waals surface area contributed by atoms with Crippen molar-refractivity contribution < 1.29 is 19.5 Å². The molecular formula is C28H26N4O4. The van der Waals surface area contributed by atoms with Gasteiger partial charge < -0.3 is 15.7 Å². The van der Waals surface area contributed by atoms with Crippen LogP contribution in [0.25, 0.3) is 5.69 Å². The summed E-state index contributed by atoms with van der Waals surface area (Å²) in [6.45, 7) is 1.88. The minimum absolute atomic E-state index is 0.00838. The molecule has 0 aliphatic carbocycles. The van der Waals surface area contributed by atoms with Gasteiger partial charge in [0.05, 0.1) is 24.7 Å². The SMILES string of the molecule is Cc1ccccc1[C@H](CC(=O)O)NC(=O)c1cc(NCC(=O)c2ccccc2)n(-c2ccccc2)n1. The summed E-state index contributed by atoms with van der Waals surface area (Å²) in [5.41, 5.74) is 2.97. The van der Waals surface area contributed by atoms with Gasteiger partial charge in [0.15, 0.2) is 11.5 Å². The number of ketones is 1. The number of carbonyl (C=O) groups excluding carboxylic acids is 2. The summed E-state index contributed by atoms with van der Waals surface area (Å²) in [5, 5.41) is 19.8. The number of anilines is 1. The van der Waals surface area contributed by atoms with Gasteiger partial charge in [-0.1, -0.05) is 72.8 Å². The molecule has 0 bridgehead atoms. The van der Waals surface area contributed by atoms with E-state index in [1.807, 2.05) is 55.5 Å². The first-order valence-corrected chi connectivity index (χ1v) is 11.5. The quantitative estimate of drug-likeness (QED) is 0.288. The highest BCUT2D eigenvalue weighted by molar-refractivity contribution is 5.99. The number of rotatable bonds is 10. The minimum Gasteiger partial charge on any atom is -0.481 e. The van der Waals surface area contributed by atoms with Crippen LogP contribution >= 0.6 is 0 Å². The van der Waals surface area contributed by atoms with Gasteiger partial charge in [-0.2, -0.15) is 5.10 Å². The van der Waals surface area contributed by atoms with Crippen molar-refractivity contribution in [3.63, 3.8) is 0 Å². The van der Waals surface area contributed by atoms with Crippen LogP contribution in [-0.2, 0) is 4.79 Å². The molecule has 8 nitrogen and oxygen atoms in total. The number of carbonyl (C=O) groups is 3. The number of carboxylic acid groups (broad SMARTS) is 1. The number of aromatic nitrogens is 2. The molecule has 0 unspecified atom stereocenters. The molecule has 8 heteroatoms. The lowest BCUT2D eigenvalue weighted by atomic mass is 9.98. The Kier molecular flexibility index (Phi) is 7.55. The topological polar surface area (TPSA) is 113 Å². The standard InChI is InChI=1S/C28H26N4O4/c1-19-10-8-9-15-22(19)23(17-27(34)35)30-28(36)24-16-26(32(31-24)21-13-6-3-7-14-21)29-18-25(33)20-11-4-2-5-12-20/h2-16,23,29H,17-18H2,1H3,(H,30,36)(H,34,35)/t23-/m0/s1. The summed E-state index contributed by atoms with van der Waals surface area (Å²) in [7, 11) is 0. The van der Waals surface area contributed by atoms with E-state index < -0.39 is 17.9 Å². The Labute approximate surface area is 208 Å². The molecule has 1 aromatic heterocycles. The summed E-state index contributed by atoms with van der Waals surface area (Å²) < 4.78 is 1.55. The smallest absolute Gasteiger partial charge is 0.305 e. The van der Waals surface area contributed by atoms with Crippen LogP contribution in [0.1, 0.15) is 44.4 Å².